The summed E-state index contributed by atoms with van der Waals surface area (Å²) in [5, 5.41) is 18.8. The van der Waals surface area contributed by atoms with Gasteiger partial charge in [0.05, 0.1) is 16.5 Å². The molecule has 8 nitrogen and oxygen atoms in total. The van der Waals surface area contributed by atoms with Gasteiger partial charge in [-0.25, -0.2) is 18.2 Å². The third-order valence-electron chi connectivity index (χ3n) is 5.99. The molecule has 3 aromatic carbocycles. The number of benzene rings is 3. The summed E-state index contributed by atoms with van der Waals surface area (Å²) in [4.78, 5) is 29.5. The lowest BCUT2D eigenvalue weighted by Gasteiger charge is -2.13. The first kappa shape index (κ1) is 25.1. The quantitative estimate of drug-likeness (QED) is 0.316. The minimum atomic E-state index is -3.83. The van der Waals surface area contributed by atoms with Crippen molar-refractivity contribution in [3.05, 3.63) is 117 Å². The highest BCUT2D eigenvalue weighted by molar-refractivity contribution is 7.90. The molecule has 0 atom stereocenters. The molecule has 0 aliphatic carbocycles. The van der Waals surface area contributed by atoms with Crippen LogP contribution in [0.2, 0.25) is 0 Å². The summed E-state index contributed by atoms with van der Waals surface area (Å²) in [5.74, 6) is -1.86. The van der Waals surface area contributed by atoms with Gasteiger partial charge >= 0.3 is 5.97 Å². The molecule has 0 bridgehead atoms. The number of hydrogen-bond acceptors (Lipinski definition) is 7. The van der Waals surface area contributed by atoms with Crippen LogP contribution in [0.25, 0.3) is 21.5 Å². The fraction of sp³-hybridized carbons (Fsp3) is 0.0714. The van der Waals surface area contributed by atoms with E-state index >= 15 is 0 Å². The maximum absolute atomic E-state index is 13.0. The average molecular weight is 542 g/mol. The molecule has 2 aromatic heterocycles. The zero-order valence-corrected chi connectivity index (χ0v) is 21.4. The van der Waals surface area contributed by atoms with Gasteiger partial charge in [0.1, 0.15) is 26.7 Å². The molecular weight excluding hydrogens is 522 g/mol. The number of sulfone groups is 1. The number of aromatic nitrogens is 2. The van der Waals surface area contributed by atoms with Gasteiger partial charge in [0.25, 0.3) is 0 Å². The summed E-state index contributed by atoms with van der Waals surface area (Å²) in [7, 11) is -3.83. The maximum atomic E-state index is 13.0. The molecule has 2 heterocycles. The van der Waals surface area contributed by atoms with Crippen molar-refractivity contribution in [2.45, 2.75) is 17.2 Å². The first-order chi connectivity index (χ1) is 18.3. The van der Waals surface area contributed by atoms with Crippen LogP contribution in [0.1, 0.15) is 26.5 Å². The fourth-order valence-corrected chi connectivity index (χ4v) is 6.79. The van der Waals surface area contributed by atoms with E-state index in [0.717, 1.165) is 28.0 Å². The Balaban J connectivity index is 1.60. The zero-order valence-electron chi connectivity index (χ0n) is 19.7. The van der Waals surface area contributed by atoms with Crippen LogP contribution >= 0.6 is 11.3 Å². The van der Waals surface area contributed by atoms with E-state index in [4.69, 9.17) is 5.26 Å². The summed E-state index contributed by atoms with van der Waals surface area (Å²) in [5.41, 5.74) is 1.86. The molecule has 5 rings (SSSR count). The number of aromatic carboxylic acids is 1. The van der Waals surface area contributed by atoms with Gasteiger partial charge in [0.2, 0.25) is 5.43 Å². The van der Waals surface area contributed by atoms with Gasteiger partial charge < -0.3 is 9.67 Å². The molecule has 0 aliphatic rings. The first-order valence-corrected chi connectivity index (χ1v) is 13.9. The topological polar surface area (TPSA) is 130 Å². The number of nitrogens with zero attached hydrogens (tertiary/aromatic N) is 3. The molecule has 10 heteroatoms. The molecule has 5 aromatic rings. The van der Waals surface area contributed by atoms with Crippen molar-refractivity contribution in [3.63, 3.8) is 0 Å². The standard InChI is InChI=1S/C28H19N3O5S2/c29-14-18-10-12-21(13-11-18)38(35,36)17-24-30-25-26(32)23(28(33)34)16-31(27(25)37-24)15-20-8-4-5-9-22(20)19-6-2-1-3-7-19/h1-13,16H,15,17H2,(H,33,34). The van der Waals surface area contributed by atoms with Crippen LogP contribution < -0.4 is 5.43 Å². The number of rotatable bonds is 7. The van der Waals surface area contributed by atoms with Gasteiger partial charge in [0.15, 0.2) is 9.84 Å². The Labute approximate surface area is 221 Å². The van der Waals surface area contributed by atoms with Gasteiger partial charge in [-0.05, 0) is 41.0 Å². The van der Waals surface area contributed by atoms with Gasteiger partial charge in [-0.15, -0.1) is 0 Å². The zero-order chi connectivity index (χ0) is 26.9. The molecule has 0 unspecified atom stereocenters. The monoisotopic (exact) mass is 541 g/mol. The fourth-order valence-electron chi connectivity index (χ4n) is 4.15. The van der Waals surface area contributed by atoms with Crippen LogP contribution in [0.3, 0.4) is 0 Å². The van der Waals surface area contributed by atoms with Crippen LogP contribution in [0.5, 0.6) is 0 Å². The highest BCUT2D eigenvalue weighted by atomic mass is 32.2. The Kier molecular flexibility index (Phi) is 6.63. The SMILES string of the molecule is N#Cc1ccc(S(=O)(=O)Cc2nc3c(=O)c(C(=O)O)cn(Cc4ccccc4-c4ccccc4)c3s2)cc1. The first-order valence-electron chi connectivity index (χ1n) is 11.4. The van der Waals surface area contributed by atoms with Crippen LogP contribution in [-0.4, -0.2) is 29.0 Å². The number of thiazole rings is 1. The number of hydrogen-bond donors (Lipinski definition) is 1. The number of pyridine rings is 1. The van der Waals surface area contributed by atoms with E-state index in [-0.39, 0.29) is 22.0 Å². The van der Waals surface area contributed by atoms with Gasteiger partial charge in [-0.2, -0.15) is 5.26 Å². The molecule has 1 N–H and O–H groups in total. The van der Waals surface area contributed by atoms with E-state index in [0.29, 0.717) is 10.4 Å². The second-order valence-electron chi connectivity index (χ2n) is 8.48. The second kappa shape index (κ2) is 10.0. The van der Waals surface area contributed by atoms with E-state index in [9.17, 15) is 23.1 Å². The minimum Gasteiger partial charge on any atom is -0.477 e. The van der Waals surface area contributed by atoms with Gasteiger partial charge in [0, 0.05) is 12.7 Å². The molecule has 0 radical (unpaired) electrons. The van der Waals surface area contributed by atoms with Crippen LogP contribution in [0, 0.1) is 11.3 Å². The number of fused-ring (bicyclic) bond motifs is 1. The Bertz CT molecular complexity index is 1890. The molecule has 0 saturated heterocycles. The smallest absolute Gasteiger partial charge is 0.341 e. The van der Waals surface area contributed by atoms with Crippen molar-refractivity contribution >= 4 is 37.5 Å². The number of carboxylic acids is 1. The summed E-state index contributed by atoms with van der Waals surface area (Å²) in [6.45, 7) is 0.242. The molecule has 0 saturated carbocycles. The highest BCUT2D eigenvalue weighted by Gasteiger charge is 2.23. The third-order valence-corrected chi connectivity index (χ3v) is 8.91. The highest BCUT2D eigenvalue weighted by Crippen LogP contribution is 2.28. The van der Waals surface area contributed by atoms with E-state index in [1.807, 2.05) is 60.7 Å². The van der Waals surface area contributed by atoms with Crippen molar-refractivity contribution in [1.29, 1.82) is 5.26 Å². The Hall–Kier alpha value is -4.59. The average Bonchev–Trinajstić information content (AvgIpc) is 3.34. The van der Waals surface area contributed by atoms with Crippen molar-refractivity contribution in [2.24, 2.45) is 0 Å². The number of carboxylic acid groups (broad SMARTS) is 1. The largest absolute Gasteiger partial charge is 0.477 e. The second-order valence-corrected chi connectivity index (χ2v) is 11.5. The van der Waals surface area contributed by atoms with Crippen molar-refractivity contribution < 1.29 is 18.3 Å². The molecule has 0 spiro atoms. The number of nitriles is 1. The molecule has 38 heavy (non-hydrogen) atoms. The van der Waals surface area contributed by atoms with E-state index in [1.54, 1.807) is 4.57 Å². The Morgan fingerprint density at radius 2 is 1.68 bits per heavy atom. The molecule has 0 fully saturated rings. The Morgan fingerprint density at radius 3 is 2.37 bits per heavy atom. The normalized spacial score (nSPS) is 11.3. The predicted molar refractivity (Wildman–Crippen MR) is 144 cm³/mol. The van der Waals surface area contributed by atoms with Gasteiger partial charge in [-0.3, -0.25) is 4.79 Å². The molecule has 0 aliphatic heterocycles. The van der Waals surface area contributed by atoms with E-state index in [2.05, 4.69) is 4.98 Å². The molecular formula is C28H19N3O5S2. The molecule has 188 valence electrons. The van der Waals surface area contributed by atoms with E-state index < -0.39 is 32.6 Å². The summed E-state index contributed by atoms with van der Waals surface area (Å²) in [6, 6.07) is 24.9. The van der Waals surface area contributed by atoms with Crippen LogP contribution in [0.15, 0.2) is 94.7 Å². The minimum absolute atomic E-state index is 0.0222. The maximum Gasteiger partial charge on any atom is 0.341 e. The third kappa shape index (κ3) is 4.85. The molecule has 0 amide bonds. The predicted octanol–water partition coefficient (Wildman–Crippen LogP) is 4.72. The van der Waals surface area contributed by atoms with Crippen molar-refractivity contribution in [3.8, 4) is 17.2 Å². The summed E-state index contributed by atoms with van der Waals surface area (Å²) >= 11 is 1.04. The van der Waals surface area contributed by atoms with Gasteiger partial charge in [-0.1, -0.05) is 65.9 Å². The van der Waals surface area contributed by atoms with Crippen LogP contribution in [0.4, 0.5) is 0 Å². The summed E-state index contributed by atoms with van der Waals surface area (Å²) in [6.07, 6.45) is 1.28. The Morgan fingerprint density at radius 1 is 1.00 bits per heavy atom. The van der Waals surface area contributed by atoms with Crippen LogP contribution in [-0.2, 0) is 22.1 Å². The number of carbonyl (C=O) groups is 1. The van der Waals surface area contributed by atoms with Crippen molar-refractivity contribution in [2.75, 3.05) is 0 Å². The lowest BCUT2D eigenvalue weighted by atomic mass is 9.99. The lowest BCUT2D eigenvalue weighted by molar-refractivity contribution is 0.0694. The van der Waals surface area contributed by atoms with Crippen molar-refractivity contribution in [1.82, 2.24) is 9.55 Å². The van der Waals surface area contributed by atoms with E-state index in [1.165, 1.54) is 30.5 Å². The lowest BCUT2D eigenvalue weighted by Crippen LogP contribution is -2.19. The summed E-state index contributed by atoms with van der Waals surface area (Å²) < 4.78 is 27.7.